The lowest BCUT2D eigenvalue weighted by molar-refractivity contribution is -0.0751. The highest BCUT2D eigenvalue weighted by molar-refractivity contribution is 4.94. The number of aliphatic hydroxyl groups is 1. The van der Waals surface area contributed by atoms with Crippen LogP contribution in [0.5, 0.6) is 0 Å². The Bertz CT molecular complexity index is 213. The molecule has 0 aromatic rings. The summed E-state index contributed by atoms with van der Waals surface area (Å²) in [5.74, 6) is -2.82. The van der Waals surface area contributed by atoms with E-state index in [1.807, 2.05) is 6.92 Å². The van der Waals surface area contributed by atoms with Crippen LogP contribution in [0.1, 0.15) is 39.0 Å². The number of hydrogen-bond donors (Lipinski definition) is 1. The van der Waals surface area contributed by atoms with E-state index in [0.29, 0.717) is 19.3 Å². The van der Waals surface area contributed by atoms with E-state index in [-0.39, 0.29) is 18.8 Å². The molecule has 2 atom stereocenters. The predicted octanol–water partition coefficient (Wildman–Crippen LogP) is 3.14. The maximum atomic E-state index is 13.0. The lowest BCUT2D eigenvalue weighted by atomic mass is 9.81. The standard InChI is InChI=1S/C11H18F2O/c1-8(2)6-10(14)9-4-3-5-11(12,13)7-9/h9-10,14H,1,3-7H2,2H3. The summed E-state index contributed by atoms with van der Waals surface area (Å²) in [5.41, 5.74) is 0.853. The molecule has 1 rings (SSSR count). The topological polar surface area (TPSA) is 20.2 Å². The van der Waals surface area contributed by atoms with Crippen molar-refractivity contribution >= 4 is 0 Å². The minimum atomic E-state index is -2.57. The molecule has 3 heteroatoms. The van der Waals surface area contributed by atoms with E-state index in [1.54, 1.807) is 0 Å². The molecule has 1 N–H and O–H groups in total. The summed E-state index contributed by atoms with van der Waals surface area (Å²) in [7, 11) is 0. The van der Waals surface area contributed by atoms with Gasteiger partial charge in [-0.25, -0.2) is 8.78 Å². The molecule has 0 saturated heterocycles. The van der Waals surface area contributed by atoms with Crippen LogP contribution in [-0.4, -0.2) is 17.1 Å². The van der Waals surface area contributed by atoms with Crippen LogP contribution in [-0.2, 0) is 0 Å². The van der Waals surface area contributed by atoms with Crippen molar-refractivity contribution in [3.63, 3.8) is 0 Å². The number of halogens is 2. The Hall–Kier alpha value is -0.440. The number of alkyl halides is 2. The first-order chi connectivity index (χ1) is 6.41. The Morgan fingerprint density at radius 2 is 2.29 bits per heavy atom. The van der Waals surface area contributed by atoms with Crippen molar-refractivity contribution in [1.29, 1.82) is 0 Å². The van der Waals surface area contributed by atoms with Gasteiger partial charge in [0.25, 0.3) is 0 Å². The van der Waals surface area contributed by atoms with E-state index in [9.17, 15) is 13.9 Å². The summed E-state index contributed by atoms with van der Waals surface area (Å²) in [6.07, 6.45) is 0.846. The minimum absolute atomic E-state index is 0.0245. The molecule has 0 spiro atoms. The van der Waals surface area contributed by atoms with Crippen molar-refractivity contribution in [2.75, 3.05) is 0 Å². The Kier molecular flexibility index (Phi) is 3.65. The molecular weight excluding hydrogens is 186 g/mol. The zero-order chi connectivity index (χ0) is 10.8. The summed E-state index contributed by atoms with van der Waals surface area (Å²) in [6, 6.07) is 0. The van der Waals surface area contributed by atoms with E-state index < -0.39 is 12.0 Å². The molecule has 1 saturated carbocycles. The Morgan fingerprint density at radius 1 is 1.64 bits per heavy atom. The fourth-order valence-corrected chi connectivity index (χ4v) is 2.06. The molecule has 1 aliphatic rings. The third kappa shape index (κ3) is 3.37. The van der Waals surface area contributed by atoms with Gasteiger partial charge in [-0.05, 0) is 32.1 Å². The second-order valence-electron chi connectivity index (χ2n) is 4.44. The zero-order valence-electron chi connectivity index (χ0n) is 8.60. The maximum Gasteiger partial charge on any atom is 0.248 e. The van der Waals surface area contributed by atoms with Gasteiger partial charge < -0.3 is 5.11 Å². The molecule has 0 aliphatic heterocycles. The highest BCUT2D eigenvalue weighted by Crippen LogP contribution is 2.38. The number of aliphatic hydroxyl groups excluding tert-OH is 1. The van der Waals surface area contributed by atoms with Gasteiger partial charge in [0, 0.05) is 12.8 Å². The van der Waals surface area contributed by atoms with Crippen molar-refractivity contribution in [2.24, 2.45) is 5.92 Å². The Labute approximate surface area is 83.8 Å². The fourth-order valence-electron chi connectivity index (χ4n) is 2.06. The van der Waals surface area contributed by atoms with Crippen LogP contribution in [0.3, 0.4) is 0 Å². The molecule has 2 unspecified atom stereocenters. The molecule has 0 heterocycles. The summed E-state index contributed by atoms with van der Waals surface area (Å²) in [4.78, 5) is 0. The monoisotopic (exact) mass is 204 g/mol. The summed E-state index contributed by atoms with van der Waals surface area (Å²) in [6.45, 7) is 5.49. The second-order valence-corrected chi connectivity index (χ2v) is 4.44. The average molecular weight is 204 g/mol. The molecule has 1 aliphatic carbocycles. The first-order valence-corrected chi connectivity index (χ1v) is 5.11. The molecule has 1 nitrogen and oxygen atoms in total. The van der Waals surface area contributed by atoms with Crippen molar-refractivity contribution in [3.05, 3.63) is 12.2 Å². The highest BCUT2D eigenvalue weighted by Gasteiger charge is 2.38. The van der Waals surface area contributed by atoms with Crippen LogP contribution < -0.4 is 0 Å². The quantitative estimate of drug-likeness (QED) is 0.700. The van der Waals surface area contributed by atoms with Crippen LogP contribution in [0, 0.1) is 5.92 Å². The zero-order valence-corrected chi connectivity index (χ0v) is 8.60. The molecule has 0 bridgehead atoms. The van der Waals surface area contributed by atoms with Gasteiger partial charge in [0.15, 0.2) is 0 Å². The van der Waals surface area contributed by atoms with Gasteiger partial charge in [0.05, 0.1) is 6.10 Å². The van der Waals surface area contributed by atoms with Crippen molar-refractivity contribution in [3.8, 4) is 0 Å². The minimum Gasteiger partial charge on any atom is -0.393 e. The number of rotatable bonds is 3. The van der Waals surface area contributed by atoms with Gasteiger partial charge >= 0.3 is 0 Å². The SMILES string of the molecule is C=C(C)CC(O)C1CCCC(F)(F)C1. The molecule has 14 heavy (non-hydrogen) atoms. The molecule has 0 amide bonds. The van der Waals surface area contributed by atoms with E-state index >= 15 is 0 Å². The van der Waals surface area contributed by atoms with Crippen molar-refractivity contribution in [1.82, 2.24) is 0 Å². The fraction of sp³-hybridized carbons (Fsp3) is 0.818. The smallest absolute Gasteiger partial charge is 0.248 e. The third-order valence-electron chi connectivity index (χ3n) is 2.78. The van der Waals surface area contributed by atoms with E-state index in [0.717, 1.165) is 5.57 Å². The lowest BCUT2D eigenvalue weighted by Gasteiger charge is -2.32. The molecular formula is C11H18F2O. The summed E-state index contributed by atoms with van der Waals surface area (Å²) >= 11 is 0. The first-order valence-electron chi connectivity index (χ1n) is 5.11. The van der Waals surface area contributed by atoms with Gasteiger partial charge in [0.2, 0.25) is 5.92 Å². The molecule has 0 aromatic carbocycles. The maximum absolute atomic E-state index is 13.0. The van der Waals surface area contributed by atoms with E-state index in [2.05, 4.69) is 6.58 Å². The van der Waals surface area contributed by atoms with Crippen LogP contribution in [0.15, 0.2) is 12.2 Å². The molecule has 0 radical (unpaired) electrons. The molecule has 1 fully saturated rings. The first kappa shape index (κ1) is 11.6. The van der Waals surface area contributed by atoms with Gasteiger partial charge in [0.1, 0.15) is 0 Å². The molecule has 0 aromatic heterocycles. The largest absolute Gasteiger partial charge is 0.393 e. The van der Waals surface area contributed by atoms with E-state index in [1.165, 1.54) is 0 Å². The van der Waals surface area contributed by atoms with Crippen LogP contribution in [0.25, 0.3) is 0 Å². The van der Waals surface area contributed by atoms with E-state index in [4.69, 9.17) is 0 Å². The predicted molar refractivity (Wildman–Crippen MR) is 52.3 cm³/mol. The highest BCUT2D eigenvalue weighted by atomic mass is 19.3. The Balaban J connectivity index is 2.47. The Morgan fingerprint density at radius 3 is 2.79 bits per heavy atom. The van der Waals surface area contributed by atoms with Gasteiger partial charge in [-0.2, -0.15) is 0 Å². The van der Waals surface area contributed by atoms with Gasteiger partial charge in [-0.3, -0.25) is 0 Å². The normalized spacial score (nSPS) is 28.4. The van der Waals surface area contributed by atoms with Crippen molar-refractivity contribution < 1.29 is 13.9 Å². The van der Waals surface area contributed by atoms with Crippen LogP contribution in [0.4, 0.5) is 8.78 Å². The number of hydrogen-bond acceptors (Lipinski definition) is 1. The summed E-state index contributed by atoms with van der Waals surface area (Å²) in [5, 5.41) is 9.68. The lowest BCUT2D eigenvalue weighted by Crippen LogP contribution is -2.33. The van der Waals surface area contributed by atoms with Gasteiger partial charge in [-0.1, -0.05) is 5.57 Å². The van der Waals surface area contributed by atoms with Crippen LogP contribution >= 0.6 is 0 Å². The third-order valence-corrected chi connectivity index (χ3v) is 2.78. The average Bonchev–Trinajstić information content (AvgIpc) is 2.01. The second kappa shape index (κ2) is 4.39. The molecule has 82 valence electrons. The van der Waals surface area contributed by atoms with Crippen LogP contribution in [0.2, 0.25) is 0 Å². The van der Waals surface area contributed by atoms with Crippen molar-refractivity contribution in [2.45, 2.75) is 51.1 Å². The van der Waals surface area contributed by atoms with Gasteiger partial charge in [-0.15, -0.1) is 6.58 Å². The summed E-state index contributed by atoms with van der Waals surface area (Å²) < 4.78 is 26.0.